The summed E-state index contributed by atoms with van der Waals surface area (Å²) in [5.41, 5.74) is 3.16. The number of methoxy groups -OCH3 is 1. The summed E-state index contributed by atoms with van der Waals surface area (Å²) in [7, 11) is 1.66. The molecule has 0 aliphatic heterocycles. The van der Waals surface area contributed by atoms with E-state index < -0.39 is 0 Å². The fraction of sp³-hybridized carbons (Fsp3) is 0.316. The summed E-state index contributed by atoms with van der Waals surface area (Å²) in [6.07, 6.45) is 1.38. The van der Waals surface area contributed by atoms with Gasteiger partial charge in [0.15, 0.2) is 0 Å². The lowest BCUT2D eigenvalue weighted by Gasteiger charge is -2.09. The highest BCUT2D eigenvalue weighted by Gasteiger charge is 2.05. The molecule has 0 saturated heterocycles. The molecule has 0 atom stereocenters. The van der Waals surface area contributed by atoms with Gasteiger partial charge < -0.3 is 15.4 Å². The average Bonchev–Trinajstić information content (AvgIpc) is 2.57. The van der Waals surface area contributed by atoms with Gasteiger partial charge in [0.1, 0.15) is 5.75 Å². The van der Waals surface area contributed by atoms with Gasteiger partial charge in [0.25, 0.3) is 0 Å². The molecule has 0 heterocycles. The van der Waals surface area contributed by atoms with Crippen LogP contribution in [0.1, 0.15) is 17.5 Å². The van der Waals surface area contributed by atoms with E-state index in [1.807, 2.05) is 37.3 Å². The van der Waals surface area contributed by atoms with E-state index in [0.29, 0.717) is 13.0 Å². The minimum absolute atomic E-state index is 0.0253. The second-order valence-electron chi connectivity index (χ2n) is 5.61. The molecule has 0 aromatic heterocycles. The van der Waals surface area contributed by atoms with Crippen molar-refractivity contribution in [2.45, 2.75) is 19.8 Å². The standard InChI is InChI=1S/C19H23BrN2O2/c1-14-13-16(20)5-8-18(14)22-19(23)10-12-21-11-9-15-3-6-17(24-2)7-4-15/h3-8,13,21H,9-12H2,1-2H3,(H,22,23). The Kier molecular flexibility index (Phi) is 7.28. The third-order valence-corrected chi connectivity index (χ3v) is 4.23. The van der Waals surface area contributed by atoms with Crippen molar-refractivity contribution >= 4 is 27.5 Å². The Labute approximate surface area is 151 Å². The molecule has 5 heteroatoms. The molecule has 0 aliphatic rings. The van der Waals surface area contributed by atoms with Crippen molar-refractivity contribution in [3.63, 3.8) is 0 Å². The van der Waals surface area contributed by atoms with Crippen molar-refractivity contribution in [2.24, 2.45) is 0 Å². The van der Waals surface area contributed by atoms with Crippen LogP contribution in [0.4, 0.5) is 5.69 Å². The number of benzene rings is 2. The first-order valence-corrected chi connectivity index (χ1v) is 8.77. The van der Waals surface area contributed by atoms with Crippen molar-refractivity contribution in [2.75, 3.05) is 25.5 Å². The lowest BCUT2D eigenvalue weighted by Crippen LogP contribution is -2.23. The van der Waals surface area contributed by atoms with Crippen LogP contribution in [-0.2, 0) is 11.2 Å². The summed E-state index contributed by atoms with van der Waals surface area (Å²) in [6, 6.07) is 13.9. The zero-order chi connectivity index (χ0) is 17.4. The number of halogens is 1. The van der Waals surface area contributed by atoms with E-state index >= 15 is 0 Å². The number of amides is 1. The lowest BCUT2D eigenvalue weighted by atomic mass is 10.1. The molecule has 0 aliphatic carbocycles. The summed E-state index contributed by atoms with van der Waals surface area (Å²) < 4.78 is 6.15. The normalized spacial score (nSPS) is 10.5. The minimum atomic E-state index is 0.0253. The average molecular weight is 391 g/mol. The van der Waals surface area contributed by atoms with Crippen molar-refractivity contribution in [3.8, 4) is 5.75 Å². The molecule has 0 bridgehead atoms. The molecule has 1 amide bonds. The summed E-state index contributed by atoms with van der Waals surface area (Å²) >= 11 is 3.42. The maximum Gasteiger partial charge on any atom is 0.225 e. The van der Waals surface area contributed by atoms with Gasteiger partial charge in [-0.2, -0.15) is 0 Å². The number of ether oxygens (including phenoxy) is 1. The van der Waals surface area contributed by atoms with Crippen LogP contribution in [0.3, 0.4) is 0 Å². The Balaban J connectivity index is 1.65. The van der Waals surface area contributed by atoms with Crippen LogP contribution in [0.5, 0.6) is 5.75 Å². The molecule has 2 N–H and O–H groups in total. The molecule has 2 aromatic rings. The second-order valence-corrected chi connectivity index (χ2v) is 6.52. The van der Waals surface area contributed by atoms with E-state index in [1.165, 1.54) is 5.56 Å². The van der Waals surface area contributed by atoms with Crippen molar-refractivity contribution in [1.29, 1.82) is 0 Å². The van der Waals surface area contributed by atoms with Gasteiger partial charge in [0, 0.05) is 23.1 Å². The molecule has 0 radical (unpaired) electrons. The van der Waals surface area contributed by atoms with E-state index in [9.17, 15) is 4.79 Å². The number of anilines is 1. The Morgan fingerprint density at radius 2 is 1.88 bits per heavy atom. The SMILES string of the molecule is COc1ccc(CCNCCC(=O)Nc2ccc(Br)cc2C)cc1. The first-order valence-electron chi connectivity index (χ1n) is 7.98. The van der Waals surface area contributed by atoms with Crippen LogP contribution in [0, 0.1) is 6.92 Å². The van der Waals surface area contributed by atoms with Gasteiger partial charge in [-0.25, -0.2) is 0 Å². The summed E-state index contributed by atoms with van der Waals surface area (Å²) in [5.74, 6) is 0.893. The predicted molar refractivity (Wildman–Crippen MR) is 102 cm³/mol. The first kappa shape index (κ1) is 18.5. The highest BCUT2D eigenvalue weighted by Crippen LogP contribution is 2.20. The highest BCUT2D eigenvalue weighted by molar-refractivity contribution is 9.10. The fourth-order valence-corrected chi connectivity index (χ4v) is 2.81. The molecule has 0 spiro atoms. The van der Waals surface area contributed by atoms with Crippen molar-refractivity contribution < 1.29 is 9.53 Å². The molecule has 0 fully saturated rings. The van der Waals surface area contributed by atoms with Crippen LogP contribution in [0.25, 0.3) is 0 Å². The lowest BCUT2D eigenvalue weighted by molar-refractivity contribution is -0.116. The zero-order valence-corrected chi connectivity index (χ0v) is 15.7. The predicted octanol–water partition coefficient (Wildman–Crippen LogP) is 3.93. The molecule has 2 aromatic carbocycles. The maximum absolute atomic E-state index is 12.0. The second kappa shape index (κ2) is 9.45. The van der Waals surface area contributed by atoms with Crippen LogP contribution < -0.4 is 15.4 Å². The molecular weight excluding hydrogens is 368 g/mol. The third-order valence-electron chi connectivity index (χ3n) is 3.74. The quantitative estimate of drug-likeness (QED) is 0.671. The van der Waals surface area contributed by atoms with Gasteiger partial charge in [0.05, 0.1) is 7.11 Å². The van der Waals surface area contributed by atoms with E-state index in [-0.39, 0.29) is 5.91 Å². The van der Waals surface area contributed by atoms with Crippen LogP contribution >= 0.6 is 15.9 Å². The topological polar surface area (TPSA) is 50.4 Å². The monoisotopic (exact) mass is 390 g/mol. The van der Waals surface area contributed by atoms with E-state index in [4.69, 9.17) is 4.74 Å². The Hall–Kier alpha value is -1.85. The molecule has 2 rings (SSSR count). The van der Waals surface area contributed by atoms with E-state index in [1.54, 1.807) is 7.11 Å². The van der Waals surface area contributed by atoms with E-state index in [0.717, 1.165) is 34.4 Å². The smallest absolute Gasteiger partial charge is 0.225 e. The Bertz CT molecular complexity index is 672. The van der Waals surface area contributed by atoms with Gasteiger partial charge in [-0.05, 0) is 61.3 Å². The number of rotatable bonds is 8. The van der Waals surface area contributed by atoms with Crippen LogP contribution in [0.2, 0.25) is 0 Å². The number of aryl methyl sites for hydroxylation is 1. The van der Waals surface area contributed by atoms with Gasteiger partial charge >= 0.3 is 0 Å². The number of hydrogen-bond donors (Lipinski definition) is 2. The van der Waals surface area contributed by atoms with Gasteiger partial charge in [-0.3, -0.25) is 4.79 Å². The molecule has 24 heavy (non-hydrogen) atoms. The summed E-state index contributed by atoms with van der Waals surface area (Å²) in [4.78, 5) is 12.0. The molecule has 128 valence electrons. The molecular formula is C19H23BrN2O2. The largest absolute Gasteiger partial charge is 0.497 e. The Morgan fingerprint density at radius 1 is 1.12 bits per heavy atom. The summed E-state index contributed by atoms with van der Waals surface area (Å²) in [6.45, 7) is 3.49. The minimum Gasteiger partial charge on any atom is -0.497 e. The number of nitrogens with one attached hydrogen (secondary N) is 2. The third kappa shape index (κ3) is 5.98. The van der Waals surface area contributed by atoms with Crippen molar-refractivity contribution in [3.05, 3.63) is 58.1 Å². The zero-order valence-electron chi connectivity index (χ0n) is 14.1. The first-order chi connectivity index (χ1) is 11.6. The molecule has 0 saturated carbocycles. The number of hydrogen-bond acceptors (Lipinski definition) is 3. The molecule has 0 unspecified atom stereocenters. The van der Waals surface area contributed by atoms with Gasteiger partial charge in [0.2, 0.25) is 5.91 Å². The van der Waals surface area contributed by atoms with Gasteiger partial charge in [-0.15, -0.1) is 0 Å². The van der Waals surface area contributed by atoms with Crippen LogP contribution in [-0.4, -0.2) is 26.1 Å². The Morgan fingerprint density at radius 3 is 2.54 bits per heavy atom. The van der Waals surface area contributed by atoms with Gasteiger partial charge in [-0.1, -0.05) is 28.1 Å². The number of carbonyl (C=O) groups excluding carboxylic acids is 1. The summed E-state index contributed by atoms with van der Waals surface area (Å²) in [5, 5.41) is 6.25. The van der Waals surface area contributed by atoms with E-state index in [2.05, 4.69) is 38.7 Å². The van der Waals surface area contributed by atoms with Crippen LogP contribution in [0.15, 0.2) is 46.9 Å². The number of carbonyl (C=O) groups is 1. The molecule has 4 nitrogen and oxygen atoms in total. The fourth-order valence-electron chi connectivity index (χ4n) is 2.33. The van der Waals surface area contributed by atoms with Crippen molar-refractivity contribution in [1.82, 2.24) is 5.32 Å². The maximum atomic E-state index is 12.0. The highest BCUT2D eigenvalue weighted by atomic mass is 79.9.